The third kappa shape index (κ3) is 2.95. The molecule has 14 heavy (non-hydrogen) atoms. The molecule has 1 N–H and O–H groups in total. The van der Waals surface area contributed by atoms with Crippen LogP contribution in [0.3, 0.4) is 0 Å². The summed E-state index contributed by atoms with van der Waals surface area (Å²) in [5.41, 5.74) is 0. The van der Waals surface area contributed by atoms with E-state index in [2.05, 4.69) is 25.7 Å². The molecule has 0 aromatic rings. The minimum Gasteiger partial charge on any atom is -0.314 e. The van der Waals surface area contributed by atoms with Crippen molar-refractivity contribution in [1.82, 2.24) is 5.32 Å². The number of allylic oxidation sites excluding steroid dienone is 1. The summed E-state index contributed by atoms with van der Waals surface area (Å²) in [6, 6.07) is 0.509. The minimum atomic E-state index is 0.234. The van der Waals surface area contributed by atoms with Crippen LogP contribution >= 0.6 is 0 Å². The fourth-order valence-corrected chi connectivity index (χ4v) is 2.19. The Morgan fingerprint density at radius 3 is 2.86 bits per heavy atom. The maximum atomic E-state index is 11.5. The number of hydrogen-bond acceptors (Lipinski definition) is 2. The Balaban J connectivity index is 2.43. The summed E-state index contributed by atoms with van der Waals surface area (Å²) in [4.78, 5) is 11.5. The van der Waals surface area contributed by atoms with Gasteiger partial charge in [-0.15, -0.1) is 0 Å². The molecule has 2 unspecified atom stereocenters. The summed E-state index contributed by atoms with van der Waals surface area (Å²) in [5, 5.41) is 3.41. The molecule has 80 valence electrons. The molecule has 0 aromatic heterocycles. The highest BCUT2D eigenvalue weighted by molar-refractivity contribution is 5.91. The average molecular weight is 195 g/mol. The summed E-state index contributed by atoms with van der Waals surface area (Å²) in [6.07, 6.45) is 4.91. The Hall–Kier alpha value is -0.630. The third-order valence-corrected chi connectivity index (χ3v) is 3.01. The van der Waals surface area contributed by atoms with Crippen molar-refractivity contribution in [3.8, 4) is 0 Å². The zero-order valence-corrected chi connectivity index (χ0v) is 9.25. The maximum absolute atomic E-state index is 11.5. The molecule has 2 nitrogen and oxygen atoms in total. The van der Waals surface area contributed by atoms with Gasteiger partial charge in [0.2, 0.25) is 0 Å². The van der Waals surface area contributed by atoms with Gasteiger partial charge in [-0.25, -0.2) is 0 Å². The molecule has 2 heteroatoms. The van der Waals surface area contributed by atoms with Crippen molar-refractivity contribution in [2.75, 3.05) is 6.54 Å². The zero-order valence-electron chi connectivity index (χ0n) is 9.25. The molecule has 0 heterocycles. The van der Waals surface area contributed by atoms with Gasteiger partial charge in [0.15, 0.2) is 5.78 Å². The van der Waals surface area contributed by atoms with Gasteiger partial charge in [0, 0.05) is 12.0 Å². The van der Waals surface area contributed by atoms with Crippen LogP contribution in [0, 0.1) is 11.8 Å². The number of hydrogen-bond donors (Lipinski definition) is 1. The lowest BCUT2D eigenvalue weighted by molar-refractivity contribution is -0.119. The standard InChI is InChI=1S/C12H21NO/c1-4-12(14)11-7-5-6-10(11)8-13-9(2)3/h4,9-11,13H,1,5-8H2,2-3H3. The molecule has 0 amide bonds. The molecule has 1 rings (SSSR count). The van der Waals surface area contributed by atoms with Gasteiger partial charge in [-0.3, -0.25) is 4.79 Å². The van der Waals surface area contributed by atoms with Gasteiger partial charge in [0.1, 0.15) is 0 Å². The van der Waals surface area contributed by atoms with Crippen molar-refractivity contribution in [3.05, 3.63) is 12.7 Å². The fourth-order valence-electron chi connectivity index (χ4n) is 2.19. The second-order valence-corrected chi connectivity index (χ2v) is 4.47. The van der Waals surface area contributed by atoms with Crippen molar-refractivity contribution >= 4 is 5.78 Å². The van der Waals surface area contributed by atoms with Crippen molar-refractivity contribution in [1.29, 1.82) is 0 Å². The highest BCUT2D eigenvalue weighted by atomic mass is 16.1. The first kappa shape index (κ1) is 11.4. The second kappa shape index (κ2) is 5.30. The van der Waals surface area contributed by atoms with Crippen LogP contribution in [0.25, 0.3) is 0 Å². The third-order valence-electron chi connectivity index (χ3n) is 3.01. The van der Waals surface area contributed by atoms with Crippen molar-refractivity contribution in [2.24, 2.45) is 11.8 Å². The number of carbonyl (C=O) groups excluding carboxylic acids is 1. The molecular formula is C12H21NO. The first-order valence-corrected chi connectivity index (χ1v) is 5.54. The van der Waals surface area contributed by atoms with Crippen molar-refractivity contribution in [3.63, 3.8) is 0 Å². The maximum Gasteiger partial charge on any atom is 0.158 e. The van der Waals surface area contributed by atoms with Crippen LogP contribution in [0.4, 0.5) is 0 Å². The molecule has 2 atom stereocenters. The first-order valence-electron chi connectivity index (χ1n) is 5.54. The molecule has 1 fully saturated rings. The Bertz CT molecular complexity index is 210. The van der Waals surface area contributed by atoms with Crippen molar-refractivity contribution in [2.45, 2.75) is 39.2 Å². The molecule has 0 spiro atoms. The average Bonchev–Trinajstić information content (AvgIpc) is 2.61. The van der Waals surface area contributed by atoms with E-state index in [0.717, 1.165) is 13.0 Å². The molecule has 0 saturated heterocycles. The van der Waals surface area contributed by atoms with Gasteiger partial charge < -0.3 is 5.32 Å². The van der Waals surface area contributed by atoms with E-state index in [9.17, 15) is 4.79 Å². The van der Waals surface area contributed by atoms with Gasteiger partial charge in [-0.2, -0.15) is 0 Å². The van der Waals surface area contributed by atoms with Crippen LogP contribution in [0.5, 0.6) is 0 Å². The Kier molecular flexibility index (Phi) is 4.33. The lowest BCUT2D eigenvalue weighted by Gasteiger charge is -2.19. The summed E-state index contributed by atoms with van der Waals surface area (Å²) in [7, 11) is 0. The van der Waals surface area contributed by atoms with Crippen LogP contribution in [0.2, 0.25) is 0 Å². The van der Waals surface area contributed by atoms with Gasteiger partial charge in [-0.1, -0.05) is 26.8 Å². The smallest absolute Gasteiger partial charge is 0.158 e. The lowest BCUT2D eigenvalue weighted by Crippen LogP contribution is -2.32. The van der Waals surface area contributed by atoms with E-state index < -0.39 is 0 Å². The van der Waals surface area contributed by atoms with Gasteiger partial charge in [-0.05, 0) is 31.4 Å². The van der Waals surface area contributed by atoms with Crippen LogP contribution in [0.1, 0.15) is 33.1 Å². The van der Waals surface area contributed by atoms with Gasteiger partial charge >= 0.3 is 0 Å². The summed E-state index contributed by atoms with van der Waals surface area (Å²) >= 11 is 0. The number of rotatable bonds is 5. The van der Waals surface area contributed by atoms with E-state index in [1.807, 2.05) is 0 Å². The Morgan fingerprint density at radius 1 is 1.57 bits per heavy atom. The van der Waals surface area contributed by atoms with Crippen LogP contribution < -0.4 is 5.32 Å². The van der Waals surface area contributed by atoms with Gasteiger partial charge in [0.05, 0.1) is 0 Å². The number of ketones is 1. The topological polar surface area (TPSA) is 29.1 Å². The lowest BCUT2D eigenvalue weighted by atomic mass is 9.91. The summed E-state index contributed by atoms with van der Waals surface area (Å²) in [6.45, 7) is 8.82. The predicted molar refractivity (Wildman–Crippen MR) is 59.2 cm³/mol. The van der Waals surface area contributed by atoms with Crippen LogP contribution in [-0.4, -0.2) is 18.4 Å². The SMILES string of the molecule is C=CC(=O)C1CCCC1CNC(C)C. The van der Waals surface area contributed by atoms with Crippen molar-refractivity contribution < 1.29 is 4.79 Å². The molecule has 1 aliphatic carbocycles. The first-order chi connectivity index (χ1) is 6.65. The Morgan fingerprint density at radius 2 is 2.29 bits per heavy atom. The second-order valence-electron chi connectivity index (χ2n) is 4.47. The molecule has 1 aliphatic rings. The highest BCUT2D eigenvalue weighted by Crippen LogP contribution is 2.32. The predicted octanol–water partition coefficient (Wildman–Crippen LogP) is 2.16. The van der Waals surface area contributed by atoms with E-state index >= 15 is 0 Å². The molecule has 0 bridgehead atoms. The fraction of sp³-hybridized carbons (Fsp3) is 0.750. The van der Waals surface area contributed by atoms with E-state index in [0.29, 0.717) is 12.0 Å². The quantitative estimate of drug-likeness (QED) is 0.681. The molecular weight excluding hydrogens is 174 g/mol. The van der Waals surface area contributed by atoms with E-state index in [1.165, 1.54) is 18.9 Å². The highest BCUT2D eigenvalue weighted by Gasteiger charge is 2.30. The monoisotopic (exact) mass is 195 g/mol. The molecule has 0 radical (unpaired) electrons. The van der Waals surface area contributed by atoms with Crippen LogP contribution in [-0.2, 0) is 4.79 Å². The molecule has 1 saturated carbocycles. The largest absolute Gasteiger partial charge is 0.314 e. The normalized spacial score (nSPS) is 26.8. The van der Waals surface area contributed by atoms with E-state index in [1.54, 1.807) is 0 Å². The summed E-state index contributed by atoms with van der Waals surface area (Å²) < 4.78 is 0. The minimum absolute atomic E-state index is 0.234. The van der Waals surface area contributed by atoms with Crippen LogP contribution in [0.15, 0.2) is 12.7 Å². The zero-order chi connectivity index (χ0) is 10.6. The molecule has 0 aliphatic heterocycles. The number of nitrogens with one attached hydrogen (secondary N) is 1. The summed E-state index contributed by atoms with van der Waals surface area (Å²) in [5.74, 6) is 1.000. The van der Waals surface area contributed by atoms with E-state index in [4.69, 9.17) is 0 Å². The Labute approximate surface area is 86.8 Å². The molecule has 0 aromatic carbocycles. The van der Waals surface area contributed by atoms with Gasteiger partial charge in [0.25, 0.3) is 0 Å². The number of carbonyl (C=O) groups is 1. The van der Waals surface area contributed by atoms with E-state index in [-0.39, 0.29) is 11.7 Å².